The molecule has 0 radical (unpaired) electrons. The first-order chi connectivity index (χ1) is 20.3. The summed E-state index contributed by atoms with van der Waals surface area (Å²) in [4.78, 5) is 43.2. The van der Waals surface area contributed by atoms with Crippen molar-refractivity contribution >= 4 is 23.5 Å². The van der Waals surface area contributed by atoms with E-state index in [-0.39, 0.29) is 48.3 Å². The summed E-state index contributed by atoms with van der Waals surface area (Å²) in [6, 6.07) is 6.16. The van der Waals surface area contributed by atoms with E-state index in [1.165, 1.54) is 23.1 Å². The van der Waals surface area contributed by atoms with E-state index < -0.39 is 40.8 Å². The highest BCUT2D eigenvalue weighted by atomic mass is 19.4. The molecule has 1 aromatic rings. The quantitative estimate of drug-likeness (QED) is 0.269. The maximum atomic E-state index is 13.8. The van der Waals surface area contributed by atoms with Gasteiger partial charge in [-0.3, -0.25) is 14.4 Å². The molecule has 0 saturated heterocycles. The molecule has 1 atom stereocenters. The Kier molecular flexibility index (Phi) is 10.4. The summed E-state index contributed by atoms with van der Waals surface area (Å²) < 4.78 is 38.7. The molecule has 1 spiro atoms. The first kappa shape index (κ1) is 34.8. The standard InChI is InChI=1S/C32H43F3N4O5/c1-20(32(33,34)35)7-6-8-24(36)26-28(43)39(31(38-26)16-13-22(14-17-31)29(2,3)4)19-30(5,44)23-11-9-21(10-12-23)27(42)37-18-15-25(40)41/h7-12,22,44H,6,13-19,36H2,1-5H3,(H,37,42)(H,40,41)/b20-7+,24-8-. The van der Waals surface area contributed by atoms with E-state index in [2.05, 4.69) is 26.1 Å². The van der Waals surface area contributed by atoms with E-state index in [4.69, 9.17) is 15.8 Å². The van der Waals surface area contributed by atoms with E-state index in [1.807, 2.05) is 0 Å². The number of carboxylic acid groups (broad SMARTS) is 1. The number of rotatable bonds is 10. The highest BCUT2D eigenvalue weighted by Gasteiger charge is 2.52. The number of nitrogens with zero attached hydrogens (tertiary/aromatic N) is 2. The fraction of sp³-hybridized carbons (Fsp3) is 0.562. The van der Waals surface area contributed by atoms with Gasteiger partial charge in [0, 0.05) is 17.7 Å². The molecule has 1 unspecified atom stereocenters. The van der Waals surface area contributed by atoms with Crippen molar-refractivity contribution in [3.63, 3.8) is 0 Å². The Hall–Kier alpha value is -3.67. The number of nitrogens with two attached hydrogens (primary N) is 1. The van der Waals surface area contributed by atoms with Crippen LogP contribution in [0.1, 0.15) is 89.1 Å². The Labute approximate surface area is 256 Å². The van der Waals surface area contributed by atoms with Crippen LogP contribution in [0.2, 0.25) is 0 Å². The van der Waals surface area contributed by atoms with Gasteiger partial charge in [-0.1, -0.05) is 45.1 Å². The molecule has 3 rings (SSSR count). The molecule has 0 aromatic heterocycles. The minimum atomic E-state index is -4.45. The van der Waals surface area contributed by atoms with Crippen molar-refractivity contribution in [3.05, 3.63) is 58.8 Å². The molecule has 1 aliphatic heterocycles. The molecule has 242 valence electrons. The highest BCUT2D eigenvalue weighted by Crippen LogP contribution is 2.47. The molecule has 1 fully saturated rings. The summed E-state index contributed by atoms with van der Waals surface area (Å²) in [6.45, 7) is 8.86. The zero-order chi connectivity index (χ0) is 33.1. The lowest BCUT2D eigenvalue weighted by molar-refractivity contribution is -0.137. The van der Waals surface area contributed by atoms with Crippen LogP contribution in [0, 0.1) is 11.3 Å². The maximum Gasteiger partial charge on any atom is 0.412 e. The molecule has 2 amide bonds. The molecular weight excluding hydrogens is 577 g/mol. The molecule has 0 bridgehead atoms. The minimum absolute atomic E-state index is 0.0149. The van der Waals surface area contributed by atoms with E-state index in [9.17, 15) is 32.7 Å². The average molecular weight is 621 g/mol. The van der Waals surface area contributed by atoms with Crippen LogP contribution >= 0.6 is 0 Å². The number of allylic oxidation sites excluding steroid dienone is 3. The topological polar surface area (TPSA) is 145 Å². The molecular formula is C32H43F3N4O5. The van der Waals surface area contributed by atoms with Gasteiger partial charge >= 0.3 is 12.1 Å². The lowest BCUT2D eigenvalue weighted by atomic mass is 9.69. The molecule has 1 aromatic carbocycles. The number of hydrogen-bond acceptors (Lipinski definition) is 6. The summed E-state index contributed by atoms with van der Waals surface area (Å²) >= 11 is 0. The molecule has 1 heterocycles. The third-order valence-corrected chi connectivity index (χ3v) is 8.62. The Morgan fingerprint density at radius 2 is 1.70 bits per heavy atom. The van der Waals surface area contributed by atoms with Crippen LogP contribution in [-0.4, -0.2) is 63.5 Å². The van der Waals surface area contributed by atoms with Crippen molar-refractivity contribution in [3.8, 4) is 0 Å². The van der Waals surface area contributed by atoms with Crippen molar-refractivity contribution in [2.45, 2.75) is 90.6 Å². The van der Waals surface area contributed by atoms with E-state index in [0.717, 1.165) is 25.8 Å². The van der Waals surface area contributed by atoms with Gasteiger partial charge in [0.25, 0.3) is 11.8 Å². The van der Waals surface area contributed by atoms with Crippen LogP contribution in [0.3, 0.4) is 0 Å². The highest BCUT2D eigenvalue weighted by molar-refractivity contribution is 6.46. The number of nitrogens with one attached hydrogen (secondary N) is 1. The van der Waals surface area contributed by atoms with Crippen LogP contribution in [0.5, 0.6) is 0 Å². The molecule has 1 saturated carbocycles. The molecule has 2 aliphatic rings. The second-order valence-corrected chi connectivity index (χ2v) is 13.0. The van der Waals surface area contributed by atoms with E-state index >= 15 is 0 Å². The lowest BCUT2D eigenvalue weighted by Gasteiger charge is -2.46. The third kappa shape index (κ3) is 8.28. The van der Waals surface area contributed by atoms with E-state index in [1.54, 1.807) is 19.1 Å². The maximum absolute atomic E-state index is 13.8. The first-order valence-corrected chi connectivity index (χ1v) is 14.7. The summed E-state index contributed by atoms with van der Waals surface area (Å²) in [6.07, 6.45) is 0.197. The fourth-order valence-corrected chi connectivity index (χ4v) is 5.71. The Bertz CT molecular complexity index is 1330. The molecule has 1 aliphatic carbocycles. The monoisotopic (exact) mass is 620 g/mol. The van der Waals surface area contributed by atoms with Crippen LogP contribution in [0.4, 0.5) is 13.2 Å². The van der Waals surface area contributed by atoms with Crippen molar-refractivity contribution in [2.24, 2.45) is 22.1 Å². The Morgan fingerprint density at radius 1 is 1.11 bits per heavy atom. The van der Waals surface area contributed by atoms with E-state index in [0.29, 0.717) is 24.3 Å². The number of amides is 2. The third-order valence-electron chi connectivity index (χ3n) is 8.62. The fourth-order valence-electron chi connectivity index (χ4n) is 5.71. The first-order valence-electron chi connectivity index (χ1n) is 14.7. The van der Waals surface area contributed by atoms with Crippen molar-refractivity contribution in [1.82, 2.24) is 10.2 Å². The zero-order valence-corrected chi connectivity index (χ0v) is 25.9. The van der Waals surface area contributed by atoms with Crippen molar-refractivity contribution < 1.29 is 37.8 Å². The second-order valence-electron chi connectivity index (χ2n) is 13.0. The number of aliphatic hydroxyl groups is 1. The predicted octanol–water partition coefficient (Wildman–Crippen LogP) is 5.06. The summed E-state index contributed by atoms with van der Waals surface area (Å²) in [7, 11) is 0. The van der Waals surface area contributed by atoms with Crippen LogP contribution in [0.15, 0.2) is 52.7 Å². The number of alkyl halides is 3. The number of aliphatic carboxylic acids is 1. The molecule has 44 heavy (non-hydrogen) atoms. The number of carbonyl (C=O) groups excluding carboxylic acids is 2. The van der Waals surface area contributed by atoms with Crippen molar-refractivity contribution in [1.29, 1.82) is 0 Å². The predicted molar refractivity (Wildman–Crippen MR) is 161 cm³/mol. The normalized spacial score (nSPS) is 23.0. The number of carboxylic acids is 1. The van der Waals surface area contributed by atoms with Crippen molar-refractivity contribution in [2.75, 3.05) is 13.1 Å². The van der Waals surface area contributed by atoms with Gasteiger partial charge in [0.15, 0.2) is 0 Å². The number of aliphatic imine (C=N–C) groups is 1. The van der Waals surface area contributed by atoms with Gasteiger partial charge in [-0.15, -0.1) is 0 Å². The summed E-state index contributed by atoms with van der Waals surface area (Å²) in [5.41, 5.74) is 3.67. The molecule has 12 heteroatoms. The SMILES string of the molecule is C/C(=C\C/C=C(\N)C1=NC2(CCC(C(C)(C)C)CC2)N(CC(C)(O)c2ccc(C(=O)NCCC(=O)O)cc2)C1=O)C(F)(F)F. The van der Waals surface area contributed by atoms with Crippen LogP contribution in [0.25, 0.3) is 0 Å². The number of β-amino-alcohol motifs (C(OH)–C–C–N with tert-alkyl or cyclic N) is 1. The second kappa shape index (κ2) is 13.1. The molecule has 5 N–H and O–H groups in total. The number of carbonyl (C=O) groups is 3. The zero-order valence-electron chi connectivity index (χ0n) is 25.9. The number of halogens is 3. The summed E-state index contributed by atoms with van der Waals surface area (Å²) in [5, 5.41) is 22.9. The lowest BCUT2D eigenvalue weighted by Crippen LogP contribution is -2.54. The van der Waals surface area contributed by atoms with Gasteiger partial charge in [-0.05, 0) is 75.0 Å². The van der Waals surface area contributed by atoms with Gasteiger partial charge in [-0.25, -0.2) is 4.99 Å². The molecule has 9 nitrogen and oxygen atoms in total. The van der Waals surface area contributed by atoms with Crippen LogP contribution < -0.4 is 11.1 Å². The summed E-state index contributed by atoms with van der Waals surface area (Å²) in [5.74, 6) is -1.60. The van der Waals surface area contributed by atoms with Gasteiger partial charge in [0.1, 0.15) is 17.0 Å². The van der Waals surface area contributed by atoms with Gasteiger partial charge in [0.05, 0.1) is 18.7 Å². The number of benzene rings is 1. The van der Waals surface area contributed by atoms with Gasteiger partial charge < -0.3 is 26.2 Å². The Balaban J connectivity index is 1.86. The minimum Gasteiger partial charge on any atom is -0.481 e. The Morgan fingerprint density at radius 3 is 2.23 bits per heavy atom. The van der Waals surface area contributed by atoms with Crippen LogP contribution in [-0.2, 0) is 15.2 Å². The van der Waals surface area contributed by atoms with Gasteiger partial charge in [0.2, 0.25) is 0 Å². The smallest absolute Gasteiger partial charge is 0.412 e. The largest absolute Gasteiger partial charge is 0.481 e. The average Bonchev–Trinajstić information content (AvgIpc) is 3.17. The van der Waals surface area contributed by atoms with Gasteiger partial charge in [-0.2, -0.15) is 13.2 Å². The number of hydrogen-bond donors (Lipinski definition) is 4.